The number of esters is 1. The second kappa shape index (κ2) is 7.57. The van der Waals surface area contributed by atoms with Gasteiger partial charge in [-0.05, 0) is 5.56 Å². The van der Waals surface area contributed by atoms with Crippen molar-refractivity contribution in [3.8, 4) is 0 Å². The van der Waals surface area contributed by atoms with Crippen molar-refractivity contribution in [3.05, 3.63) is 35.9 Å². The van der Waals surface area contributed by atoms with Crippen molar-refractivity contribution in [2.24, 2.45) is 4.99 Å². The second-order valence-corrected chi connectivity index (χ2v) is 3.55. The second-order valence-electron chi connectivity index (χ2n) is 3.55. The van der Waals surface area contributed by atoms with E-state index in [0.29, 0.717) is 6.42 Å². The summed E-state index contributed by atoms with van der Waals surface area (Å²) in [6.45, 7) is 1.78. The molecular formula is C13H17NO3. The molecule has 4 heteroatoms. The van der Waals surface area contributed by atoms with E-state index < -0.39 is 6.10 Å². The Kier molecular flexibility index (Phi) is 5.96. The van der Waals surface area contributed by atoms with Crippen molar-refractivity contribution in [1.29, 1.82) is 0 Å². The van der Waals surface area contributed by atoms with Crippen LogP contribution in [0, 0.1) is 0 Å². The number of hydrogen-bond acceptors (Lipinski definition) is 4. The summed E-state index contributed by atoms with van der Waals surface area (Å²) in [6.07, 6.45) is 1.45. The largest absolute Gasteiger partial charge is 0.458 e. The maximum absolute atomic E-state index is 11.0. The van der Waals surface area contributed by atoms with Crippen LogP contribution in [0.15, 0.2) is 35.3 Å². The summed E-state index contributed by atoms with van der Waals surface area (Å²) in [5, 5.41) is 9.02. The van der Waals surface area contributed by atoms with Crippen LogP contribution in [0.3, 0.4) is 0 Å². The maximum atomic E-state index is 11.0. The molecule has 4 nitrogen and oxygen atoms in total. The minimum Gasteiger partial charge on any atom is -0.458 e. The highest BCUT2D eigenvalue weighted by Crippen LogP contribution is 1.98. The van der Waals surface area contributed by atoms with Gasteiger partial charge in [0, 0.05) is 12.6 Å². The summed E-state index contributed by atoms with van der Waals surface area (Å²) in [6, 6.07) is 9.62. The smallest absolute Gasteiger partial charge is 0.305 e. The first kappa shape index (κ1) is 13.4. The third kappa shape index (κ3) is 5.26. The molecule has 1 aromatic rings. The number of benzene rings is 1. The number of rotatable bonds is 6. The number of aliphatic hydroxyl groups is 1. The molecule has 1 N–H and O–H groups in total. The molecule has 1 unspecified atom stereocenters. The van der Waals surface area contributed by atoms with Crippen molar-refractivity contribution >= 4 is 12.2 Å². The van der Waals surface area contributed by atoms with Gasteiger partial charge in [0.05, 0.1) is 13.2 Å². The lowest BCUT2D eigenvalue weighted by Gasteiger charge is -2.12. The van der Waals surface area contributed by atoms with Gasteiger partial charge >= 0.3 is 5.97 Å². The first-order valence-electron chi connectivity index (χ1n) is 5.61. The van der Waals surface area contributed by atoms with Crippen LogP contribution in [-0.4, -0.2) is 36.5 Å². The van der Waals surface area contributed by atoms with Crippen molar-refractivity contribution in [1.82, 2.24) is 0 Å². The van der Waals surface area contributed by atoms with E-state index in [9.17, 15) is 4.79 Å². The summed E-state index contributed by atoms with van der Waals surface area (Å²) in [5.74, 6) is -0.320. The van der Waals surface area contributed by atoms with Crippen LogP contribution in [0.2, 0.25) is 0 Å². The molecule has 0 bridgehead atoms. The molecule has 0 aliphatic heterocycles. The quantitative estimate of drug-likeness (QED) is 0.599. The van der Waals surface area contributed by atoms with E-state index >= 15 is 0 Å². The topological polar surface area (TPSA) is 58.9 Å². The summed E-state index contributed by atoms with van der Waals surface area (Å²) >= 11 is 0. The van der Waals surface area contributed by atoms with E-state index in [-0.39, 0.29) is 19.1 Å². The summed E-state index contributed by atoms with van der Waals surface area (Å²) < 4.78 is 4.98. The third-order valence-electron chi connectivity index (χ3n) is 2.14. The third-order valence-corrected chi connectivity index (χ3v) is 2.14. The lowest BCUT2D eigenvalue weighted by molar-refractivity contribution is -0.150. The Morgan fingerprint density at radius 3 is 2.76 bits per heavy atom. The fraction of sp³-hybridized carbons (Fsp3) is 0.385. The molecule has 0 saturated heterocycles. The molecule has 0 aliphatic rings. The number of ether oxygens (including phenoxy) is 1. The van der Waals surface area contributed by atoms with E-state index in [1.165, 1.54) is 0 Å². The van der Waals surface area contributed by atoms with Crippen LogP contribution in [0.4, 0.5) is 0 Å². The van der Waals surface area contributed by atoms with Gasteiger partial charge < -0.3 is 9.84 Å². The highest BCUT2D eigenvalue weighted by atomic mass is 16.6. The molecule has 1 aromatic carbocycles. The molecule has 0 saturated carbocycles. The number of aliphatic hydroxyl groups excluding tert-OH is 1. The predicted molar refractivity (Wildman–Crippen MR) is 66.2 cm³/mol. The Balaban J connectivity index is 2.42. The van der Waals surface area contributed by atoms with Gasteiger partial charge in [0.15, 0.2) is 0 Å². The monoisotopic (exact) mass is 235 g/mol. The summed E-state index contributed by atoms with van der Waals surface area (Å²) in [5.41, 5.74) is 0.978. The zero-order chi connectivity index (χ0) is 12.5. The van der Waals surface area contributed by atoms with Crippen LogP contribution in [0.1, 0.15) is 18.9 Å². The first-order valence-corrected chi connectivity index (χ1v) is 5.61. The van der Waals surface area contributed by atoms with Crippen molar-refractivity contribution in [3.63, 3.8) is 0 Å². The summed E-state index contributed by atoms with van der Waals surface area (Å²) in [4.78, 5) is 15.2. The van der Waals surface area contributed by atoms with Crippen LogP contribution in [0.5, 0.6) is 0 Å². The molecule has 0 aliphatic carbocycles. The summed E-state index contributed by atoms with van der Waals surface area (Å²) in [7, 11) is 0. The minimum absolute atomic E-state index is 0.210. The molecule has 0 heterocycles. The Bertz CT molecular complexity index is 362. The van der Waals surface area contributed by atoms with Gasteiger partial charge in [0.1, 0.15) is 6.10 Å². The van der Waals surface area contributed by atoms with Crippen LogP contribution < -0.4 is 0 Å². The van der Waals surface area contributed by atoms with Crippen molar-refractivity contribution < 1.29 is 14.6 Å². The lowest BCUT2D eigenvalue weighted by atomic mass is 10.2. The van der Waals surface area contributed by atoms with Gasteiger partial charge in [-0.25, -0.2) is 0 Å². The van der Waals surface area contributed by atoms with E-state index in [1.54, 1.807) is 13.1 Å². The Morgan fingerprint density at radius 1 is 1.47 bits per heavy atom. The van der Waals surface area contributed by atoms with E-state index in [1.807, 2.05) is 30.3 Å². The Morgan fingerprint density at radius 2 is 2.18 bits per heavy atom. The fourth-order valence-corrected chi connectivity index (χ4v) is 1.22. The number of nitrogens with zero attached hydrogens (tertiary/aromatic N) is 1. The number of carbonyl (C=O) groups excluding carboxylic acids is 1. The van der Waals surface area contributed by atoms with E-state index in [2.05, 4.69) is 4.99 Å². The van der Waals surface area contributed by atoms with Crippen molar-refractivity contribution in [2.45, 2.75) is 19.4 Å². The molecule has 0 fully saturated rings. The zero-order valence-electron chi connectivity index (χ0n) is 9.87. The van der Waals surface area contributed by atoms with Gasteiger partial charge in [-0.1, -0.05) is 37.3 Å². The fourth-order valence-electron chi connectivity index (χ4n) is 1.22. The Labute approximate surface area is 101 Å². The highest BCUT2D eigenvalue weighted by Gasteiger charge is 2.10. The maximum Gasteiger partial charge on any atom is 0.305 e. The number of carbonyl (C=O) groups is 1. The Hall–Kier alpha value is -1.68. The first-order chi connectivity index (χ1) is 8.26. The molecule has 0 aromatic heterocycles. The van der Waals surface area contributed by atoms with Gasteiger partial charge in [0.25, 0.3) is 0 Å². The standard InChI is InChI=1S/C13H17NO3/c1-2-13(16)17-12(10-15)9-14-8-11-6-4-3-5-7-11/h3-8,12,15H,2,9-10H2,1H3. The number of hydrogen-bond donors (Lipinski definition) is 1. The van der Waals surface area contributed by atoms with Crippen LogP contribution in [-0.2, 0) is 9.53 Å². The van der Waals surface area contributed by atoms with Crippen LogP contribution in [0.25, 0.3) is 0 Å². The van der Waals surface area contributed by atoms with E-state index in [0.717, 1.165) is 5.56 Å². The highest BCUT2D eigenvalue weighted by molar-refractivity contribution is 5.79. The van der Waals surface area contributed by atoms with Gasteiger partial charge in [-0.2, -0.15) is 0 Å². The predicted octanol–water partition coefficient (Wildman–Crippen LogP) is 1.42. The molecule has 0 amide bonds. The van der Waals surface area contributed by atoms with Crippen LogP contribution >= 0.6 is 0 Å². The molecular weight excluding hydrogens is 218 g/mol. The molecule has 1 rings (SSSR count). The lowest BCUT2D eigenvalue weighted by Crippen LogP contribution is -2.24. The number of aliphatic imine (C=N–C) groups is 1. The van der Waals surface area contributed by atoms with Gasteiger partial charge in [-0.15, -0.1) is 0 Å². The molecule has 1 atom stereocenters. The van der Waals surface area contributed by atoms with Gasteiger partial charge in [-0.3, -0.25) is 9.79 Å². The molecule has 0 spiro atoms. The van der Waals surface area contributed by atoms with Gasteiger partial charge in [0.2, 0.25) is 0 Å². The van der Waals surface area contributed by atoms with E-state index in [4.69, 9.17) is 9.84 Å². The minimum atomic E-state index is -0.553. The molecule has 0 radical (unpaired) electrons. The SMILES string of the molecule is CCC(=O)OC(CO)CN=Cc1ccccc1. The normalized spacial score (nSPS) is 12.6. The average Bonchev–Trinajstić information content (AvgIpc) is 2.38. The average molecular weight is 235 g/mol. The molecule has 92 valence electrons. The van der Waals surface area contributed by atoms with Crippen molar-refractivity contribution in [2.75, 3.05) is 13.2 Å². The molecule has 17 heavy (non-hydrogen) atoms. The zero-order valence-corrected chi connectivity index (χ0v) is 9.87.